The molecular weight excluding hydrogens is 533 g/mol. The van der Waals surface area contributed by atoms with Crippen LogP contribution >= 0.6 is 0 Å². The molecule has 2 saturated carbocycles. The van der Waals surface area contributed by atoms with Crippen LogP contribution in [0.15, 0.2) is 35.5 Å². The zero-order valence-corrected chi connectivity index (χ0v) is 22.2. The van der Waals surface area contributed by atoms with Gasteiger partial charge in [0.15, 0.2) is 17.0 Å². The monoisotopic (exact) mass is 566 g/mol. The zero-order valence-electron chi connectivity index (χ0n) is 21.4. The molecule has 3 aromatic rings. The second kappa shape index (κ2) is 11.3. The van der Waals surface area contributed by atoms with Crippen molar-refractivity contribution in [2.24, 2.45) is 5.73 Å². The number of aromatic nitrogens is 4. The third kappa shape index (κ3) is 6.44. The van der Waals surface area contributed by atoms with Crippen molar-refractivity contribution in [3.05, 3.63) is 36.2 Å². The Morgan fingerprint density at radius 3 is 2.33 bits per heavy atom. The highest BCUT2D eigenvalue weighted by molar-refractivity contribution is 7.89. The molecule has 0 aliphatic heterocycles. The number of halogens is 3. The van der Waals surface area contributed by atoms with E-state index in [4.69, 9.17) is 10.7 Å². The summed E-state index contributed by atoms with van der Waals surface area (Å²) in [6.07, 6.45) is 5.43. The maximum absolute atomic E-state index is 12.8. The molecule has 1 aromatic carbocycles. The first kappa shape index (κ1) is 27.6. The molecule has 39 heavy (non-hydrogen) atoms. The molecule has 2 aliphatic rings. The van der Waals surface area contributed by atoms with Crippen LogP contribution in [0.2, 0.25) is 0 Å². The Bertz CT molecular complexity index is 1380. The van der Waals surface area contributed by atoms with Gasteiger partial charge in [-0.15, -0.1) is 0 Å². The molecule has 2 aliphatic carbocycles. The van der Waals surface area contributed by atoms with Gasteiger partial charge >= 0.3 is 6.18 Å². The number of fused-ring (bicyclic) bond motifs is 1. The van der Waals surface area contributed by atoms with Crippen LogP contribution in [0.1, 0.15) is 63.0 Å². The van der Waals surface area contributed by atoms with Gasteiger partial charge in [0.2, 0.25) is 16.0 Å². The normalized spacial score (nSPS) is 20.9. The van der Waals surface area contributed by atoms with Crippen molar-refractivity contribution >= 4 is 33.0 Å². The van der Waals surface area contributed by atoms with Gasteiger partial charge < -0.3 is 20.9 Å². The summed E-state index contributed by atoms with van der Waals surface area (Å²) in [6.45, 7) is 0.168. The maximum atomic E-state index is 12.8. The van der Waals surface area contributed by atoms with Crippen molar-refractivity contribution in [1.82, 2.24) is 24.2 Å². The Hall–Kier alpha value is -2.97. The molecule has 0 bridgehead atoms. The largest absolute Gasteiger partial charge is 0.416 e. The highest BCUT2D eigenvalue weighted by Gasteiger charge is 2.30. The molecule has 0 unspecified atom stereocenters. The number of sulfonamides is 1. The molecule has 2 heterocycles. The van der Waals surface area contributed by atoms with Gasteiger partial charge in [0.25, 0.3) is 0 Å². The van der Waals surface area contributed by atoms with E-state index in [1.165, 1.54) is 0 Å². The fourth-order valence-electron chi connectivity index (χ4n) is 5.27. The lowest BCUT2D eigenvalue weighted by atomic mass is 9.92. The number of hydrogen-bond acceptors (Lipinski definition) is 8. The Morgan fingerprint density at radius 2 is 1.67 bits per heavy atom. The van der Waals surface area contributed by atoms with Crippen molar-refractivity contribution in [3.8, 4) is 0 Å². The fourth-order valence-corrected chi connectivity index (χ4v) is 6.30. The molecule has 212 valence electrons. The van der Waals surface area contributed by atoms with Gasteiger partial charge in [-0.3, -0.25) is 0 Å². The van der Waals surface area contributed by atoms with Gasteiger partial charge in [-0.2, -0.15) is 23.1 Å². The molecule has 5 rings (SSSR count). The summed E-state index contributed by atoms with van der Waals surface area (Å²) >= 11 is 0. The smallest absolute Gasteiger partial charge is 0.367 e. The van der Waals surface area contributed by atoms with Crippen LogP contribution in [0.25, 0.3) is 11.2 Å². The quantitative estimate of drug-likeness (QED) is 0.285. The van der Waals surface area contributed by atoms with E-state index < -0.39 is 21.8 Å². The van der Waals surface area contributed by atoms with Crippen molar-refractivity contribution in [3.63, 3.8) is 0 Å². The standard InChI is InChI=1S/C25H33F3N8O2S/c26-25(27,28)16-5-11-20(12-6-16)39(37,38)32-14-13-30-22-21-23(36(15-31-21)19-3-1-2-4-19)35-24(34-22)33-18-9-7-17(29)8-10-18/h5-6,11-12,15,17-19,32H,1-4,7-10,13-14,29H2,(H2,30,33,34,35)/t17-,18-. The molecule has 0 radical (unpaired) electrons. The number of nitrogens with one attached hydrogen (secondary N) is 3. The number of nitrogens with zero attached hydrogens (tertiary/aromatic N) is 4. The van der Waals surface area contributed by atoms with E-state index in [1.807, 2.05) is 0 Å². The average Bonchev–Trinajstić information content (AvgIpc) is 3.58. The van der Waals surface area contributed by atoms with Crippen molar-refractivity contribution in [2.45, 2.75) is 80.6 Å². The molecule has 0 spiro atoms. The van der Waals surface area contributed by atoms with E-state index in [0.717, 1.165) is 81.3 Å². The molecule has 5 N–H and O–H groups in total. The molecule has 14 heteroatoms. The number of imidazole rings is 1. The van der Waals surface area contributed by atoms with Gasteiger partial charge in [-0.05, 0) is 62.8 Å². The van der Waals surface area contributed by atoms with Crippen molar-refractivity contribution in [1.29, 1.82) is 0 Å². The minimum absolute atomic E-state index is 0.0124. The Kier molecular flexibility index (Phi) is 7.96. The van der Waals surface area contributed by atoms with E-state index >= 15 is 0 Å². The van der Waals surface area contributed by atoms with Gasteiger partial charge in [-0.1, -0.05) is 12.8 Å². The first-order chi connectivity index (χ1) is 18.6. The van der Waals surface area contributed by atoms with Gasteiger partial charge in [0, 0.05) is 31.2 Å². The summed E-state index contributed by atoms with van der Waals surface area (Å²) in [6, 6.07) is 4.15. The van der Waals surface area contributed by atoms with E-state index in [1.54, 1.807) is 6.33 Å². The Morgan fingerprint density at radius 1 is 0.974 bits per heavy atom. The van der Waals surface area contributed by atoms with Crippen LogP contribution < -0.4 is 21.1 Å². The molecule has 2 fully saturated rings. The van der Waals surface area contributed by atoms with Crippen molar-refractivity contribution < 1.29 is 21.6 Å². The minimum atomic E-state index is -4.54. The average molecular weight is 567 g/mol. The second-order valence-electron chi connectivity index (χ2n) is 10.3. The molecule has 0 saturated heterocycles. The lowest BCUT2D eigenvalue weighted by Gasteiger charge is -2.27. The fraction of sp³-hybridized carbons (Fsp3) is 0.560. The predicted molar refractivity (Wildman–Crippen MR) is 142 cm³/mol. The third-order valence-electron chi connectivity index (χ3n) is 7.45. The molecule has 10 nitrogen and oxygen atoms in total. The summed E-state index contributed by atoms with van der Waals surface area (Å²) in [5, 5.41) is 6.61. The lowest BCUT2D eigenvalue weighted by Crippen LogP contribution is -2.33. The number of benzene rings is 1. The van der Waals surface area contributed by atoms with Crippen LogP contribution in [0.3, 0.4) is 0 Å². The molecule has 0 atom stereocenters. The topological polar surface area (TPSA) is 140 Å². The lowest BCUT2D eigenvalue weighted by molar-refractivity contribution is -0.137. The summed E-state index contributed by atoms with van der Waals surface area (Å²) in [5.41, 5.74) is 6.46. The summed E-state index contributed by atoms with van der Waals surface area (Å²) in [7, 11) is -3.99. The van der Waals surface area contributed by atoms with Crippen LogP contribution in [-0.4, -0.2) is 53.1 Å². The second-order valence-corrected chi connectivity index (χ2v) is 12.0. The van der Waals surface area contributed by atoms with E-state index in [2.05, 4.69) is 29.9 Å². The van der Waals surface area contributed by atoms with Gasteiger partial charge in [0.1, 0.15) is 0 Å². The Labute approximate surface area is 225 Å². The van der Waals surface area contributed by atoms with Gasteiger partial charge in [-0.25, -0.2) is 18.1 Å². The number of rotatable bonds is 9. The summed E-state index contributed by atoms with van der Waals surface area (Å²) < 4.78 is 68.1. The summed E-state index contributed by atoms with van der Waals surface area (Å²) in [4.78, 5) is 13.8. The van der Waals surface area contributed by atoms with Crippen LogP contribution in [0.5, 0.6) is 0 Å². The molecular formula is C25H33F3N8O2S. The van der Waals surface area contributed by atoms with E-state index in [0.29, 0.717) is 23.3 Å². The first-order valence-electron chi connectivity index (χ1n) is 13.3. The Balaban J connectivity index is 1.29. The predicted octanol–water partition coefficient (Wildman–Crippen LogP) is 4.03. The molecule has 2 aromatic heterocycles. The zero-order chi connectivity index (χ0) is 27.6. The highest BCUT2D eigenvalue weighted by Crippen LogP contribution is 2.33. The van der Waals surface area contributed by atoms with Crippen LogP contribution in [-0.2, 0) is 16.2 Å². The van der Waals surface area contributed by atoms with Gasteiger partial charge in [0.05, 0.1) is 16.8 Å². The number of hydrogen-bond donors (Lipinski definition) is 4. The first-order valence-corrected chi connectivity index (χ1v) is 14.8. The number of alkyl halides is 3. The van der Waals surface area contributed by atoms with Crippen molar-refractivity contribution in [2.75, 3.05) is 23.7 Å². The van der Waals surface area contributed by atoms with E-state index in [9.17, 15) is 21.6 Å². The third-order valence-corrected chi connectivity index (χ3v) is 8.92. The highest BCUT2D eigenvalue weighted by atomic mass is 32.2. The number of nitrogens with two attached hydrogens (primary N) is 1. The summed E-state index contributed by atoms with van der Waals surface area (Å²) in [5.74, 6) is 0.969. The van der Waals surface area contributed by atoms with Crippen LogP contribution in [0.4, 0.5) is 24.9 Å². The maximum Gasteiger partial charge on any atom is 0.416 e. The number of anilines is 2. The molecule has 0 amide bonds. The SMILES string of the molecule is N[C@H]1CC[C@H](Nc2nc(NCCNS(=O)(=O)c3ccc(C(F)(F)F)cc3)c3ncn(C4CCCC4)c3n2)CC1. The minimum Gasteiger partial charge on any atom is -0.367 e. The van der Waals surface area contributed by atoms with Crippen LogP contribution in [0, 0.1) is 0 Å². The van der Waals surface area contributed by atoms with E-state index in [-0.39, 0.29) is 30.1 Å².